The molecule has 0 aromatic heterocycles. The molecule has 7 nitrogen and oxygen atoms in total. The number of nitro groups is 1. The summed E-state index contributed by atoms with van der Waals surface area (Å²) in [5.41, 5.74) is 0.0956. The summed E-state index contributed by atoms with van der Waals surface area (Å²) in [6.07, 6.45) is 0. The van der Waals surface area contributed by atoms with Gasteiger partial charge in [-0.05, 0) is 17.5 Å². The second-order valence-electron chi connectivity index (χ2n) is 4.78. The molecule has 0 unspecified atom stereocenters. The number of hydrogen-bond acceptors (Lipinski definition) is 6. The Hall–Kier alpha value is -2.95. The van der Waals surface area contributed by atoms with Crippen LogP contribution in [0.3, 0.4) is 0 Å². The Kier molecular flexibility index (Phi) is 5.14. The van der Waals surface area contributed by atoms with Gasteiger partial charge in [-0.3, -0.25) is 10.1 Å². The fourth-order valence-electron chi connectivity index (χ4n) is 2.16. The van der Waals surface area contributed by atoms with Crippen molar-refractivity contribution in [1.29, 1.82) is 0 Å². The average Bonchev–Trinajstić information content (AvgIpc) is 2.55. The van der Waals surface area contributed by atoms with Gasteiger partial charge in [0.1, 0.15) is 22.9 Å². The van der Waals surface area contributed by atoms with Crippen LogP contribution in [-0.2, 0) is 17.4 Å². The van der Waals surface area contributed by atoms with E-state index in [1.807, 2.05) is 18.2 Å². The Morgan fingerprint density at radius 1 is 0.917 bits per heavy atom. The van der Waals surface area contributed by atoms with Crippen molar-refractivity contribution in [3.05, 3.63) is 64.7 Å². The number of non-ortho nitro benzene ring substituents is 1. The van der Waals surface area contributed by atoms with Crippen LogP contribution in [-0.4, -0.2) is 15.1 Å². The van der Waals surface area contributed by atoms with E-state index in [1.54, 1.807) is 12.1 Å². The summed E-state index contributed by atoms with van der Waals surface area (Å²) in [6.45, 7) is 0. The van der Waals surface area contributed by atoms with Crippen LogP contribution in [0, 0.1) is 10.1 Å². The van der Waals surface area contributed by atoms with E-state index in [9.17, 15) is 20.3 Å². The van der Waals surface area contributed by atoms with Crippen molar-refractivity contribution < 1.29 is 32.5 Å². The molecule has 0 spiro atoms. The Morgan fingerprint density at radius 2 is 1.67 bits per heavy atom. The minimum atomic E-state index is -0.614. The smallest absolute Gasteiger partial charge is 0.273 e. The summed E-state index contributed by atoms with van der Waals surface area (Å²) in [5, 5.41) is 39.8. The first-order valence-electron chi connectivity index (χ1n) is 6.66. The fourth-order valence-corrected chi connectivity index (χ4v) is 2.16. The molecule has 3 aromatic carbocycles. The molecule has 0 amide bonds. The Morgan fingerprint density at radius 3 is 2.38 bits per heavy atom. The molecular formula is C16H11CrN3O4. The van der Waals surface area contributed by atoms with Gasteiger partial charge in [-0.2, -0.15) is 0 Å². The first-order valence-corrected chi connectivity index (χ1v) is 6.66. The standard InChI is InChI=1S/C16H11N3O4.Cr/c20-14-8-5-10-3-1-2-4-12(10)16(14)18-17-13-7-6-11(19(22)23)9-15(13)21;/h1-9,20-21H;. The van der Waals surface area contributed by atoms with Gasteiger partial charge in [0.15, 0.2) is 0 Å². The summed E-state index contributed by atoms with van der Waals surface area (Å²) in [7, 11) is 0. The van der Waals surface area contributed by atoms with Crippen molar-refractivity contribution >= 4 is 27.8 Å². The summed E-state index contributed by atoms with van der Waals surface area (Å²) < 4.78 is 0. The quantitative estimate of drug-likeness (QED) is 0.404. The second kappa shape index (κ2) is 7.09. The Balaban J connectivity index is 0.00000208. The van der Waals surface area contributed by atoms with Crippen molar-refractivity contribution in [1.82, 2.24) is 0 Å². The first kappa shape index (κ1) is 17.4. The largest absolute Gasteiger partial charge is 0.506 e. The molecule has 3 rings (SSSR count). The number of rotatable bonds is 3. The average molecular weight is 361 g/mol. The van der Waals surface area contributed by atoms with Crippen LogP contribution < -0.4 is 0 Å². The van der Waals surface area contributed by atoms with Gasteiger partial charge < -0.3 is 10.2 Å². The molecule has 0 saturated heterocycles. The third-order valence-electron chi connectivity index (χ3n) is 3.31. The Labute approximate surface area is 147 Å². The number of fused-ring (bicyclic) bond motifs is 1. The van der Waals surface area contributed by atoms with Crippen LogP contribution >= 0.6 is 0 Å². The predicted molar refractivity (Wildman–Crippen MR) is 84.6 cm³/mol. The van der Waals surface area contributed by atoms with Crippen LogP contribution in [0.25, 0.3) is 10.8 Å². The van der Waals surface area contributed by atoms with Gasteiger partial charge in [-0.25, -0.2) is 0 Å². The van der Waals surface area contributed by atoms with Crippen molar-refractivity contribution in [2.75, 3.05) is 0 Å². The maximum atomic E-state index is 10.6. The van der Waals surface area contributed by atoms with Crippen LogP contribution in [0.2, 0.25) is 0 Å². The maximum Gasteiger partial charge on any atom is 0.273 e. The van der Waals surface area contributed by atoms with E-state index in [4.69, 9.17) is 0 Å². The maximum absolute atomic E-state index is 10.6. The Bertz CT molecular complexity index is 944. The zero-order chi connectivity index (χ0) is 16.4. The monoisotopic (exact) mass is 361 g/mol. The third-order valence-corrected chi connectivity index (χ3v) is 3.31. The number of aromatic hydroxyl groups is 2. The van der Waals surface area contributed by atoms with Crippen molar-refractivity contribution in [2.24, 2.45) is 10.2 Å². The summed E-state index contributed by atoms with van der Waals surface area (Å²) in [5.74, 6) is -0.406. The molecule has 0 radical (unpaired) electrons. The first-order chi connectivity index (χ1) is 11.1. The van der Waals surface area contributed by atoms with E-state index in [2.05, 4.69) is 10.2 Å². The van der Waals surface area contributed by atoms with Crippen molar-refractivity contribution in [3.8, 4) is 11.5 Å². The fraction of sp³-hybridized carbons (Fsp3) is 0. The molecule has 2 N–H and O–H groups in total. The van der Waals surface area contributed by atoms with Gasteiger partial charge in [-0.15, -0.1) is 10.2 Å². The van der Waals surface area contributed by atoms with Crippen LogP contribution in [0.15, 0.2) is 64.8 Å². The zero-order valence-electron chi connectivity index (χ0n) is 12.2. The summed E-state index contributed by atoms with van der Waals surface area (Å²) in [6, 6.07) is 14.1. The number of phenolic OH excluding ortho intramolecular Hbond substituents is 2. The van der Waals surface area contributed by atoms with Crippen LogP contribution in [0.1, 0.15) is 0 Å². The second-order valence-corrected chi connectivity index (χ2v) is 4.78. The number of nitrogens with zero attached hydrogens (tertiary/aromatic N) is 3. The van der Waals surface area contributed by atoms with Gasteiger partial charge >= 0.3 is 0 Å². The number of phenols is 2. The van der Waals surface area contributed by atoms with Gasteiger partial charge in [0.25, 0.3) is 5.69 Å². The number of benzene rings is 3. The predicted octanol–water partition coefficient (Wildman–Crippen LogP) is 4.57. The van der Waals surface area contributed by atoms with E-state index >= 15 is 0 Å². The SMILES string of the molecule is O=[N+]([O-])c1ccc(N=Nc2c(O)ccc3ccccc23)c(O)c1.[Cr]. The zero-order valence-corrected chi connectivity index (χ0v) is 13.4. The van der Waals surface area contributed by atoms with E-state index in [1.165, 1.54) is 18.2 Å². The van der Waals surface area contributed by atoms with E-state index in [0.717, 1.165) is 11.5 Å². The molecule has 0 fully saturated rings. The van der Waals surface area contributed by atoms with Gasteiger partial charge in [0.05, 0.1) is 11.0 Å². The molecule has 0 bridgehead atoms. The van der Waals surface area contributed by atoms with E-state index in [0.29, 0.717) is 5.39 Å². The van der Waals surface area contributed by atoms with Gasteiger partial charge in [0.2, 0.25) is 0 Å². The normalized spacial score (nSPS) is 10.7. The molecule has 24 heavy (non-hydrogen) atoms. The number of hydrogen-bond donors (Lipinski definition) is 2. The van der Waals surface area contributed by atoms with E-state index in [-0.39, 0.29) is 45.9 Å². The van der Waals surface area contributed by atoms with Crippen molar-refractivity contribution in [2.45, 2.75) is 0 Å². The van der Waals surface area contributed by atoms with Crippen molar-refractivity contribution in [3.63, 3.8) is 0 Å². The molecule has 0 saturated carbocycles. The minimum Gasteiger partial charge on any atom is -0.506 e. The molecule has 0 aliphatic carbocycles. The molecule has 120 valence electrons. The summed E-state index contributed by atoms with van der Waals surface area (Å²) in [4.78, 5) is 10.0. The van der Waals surface area contributed by atoms with E-state index < -0.39 is 4.92 Å². The van der Waals surface area contributed by atoms with Gasteiger partial charge in [-0.1, -0.05) is 30.3 Å². The molecule has 8 heteroatoms. The topological polar surface area (TPSA) is 108 Å². The molecule has 0 aliphatic rings. The molecule has 0 atom stereocenters. The van der Waals surface area contributed by atoms with Crippen LogP contribution in [0.4, 0.5) is 17.1 Å². The third kappa shape index (κ3) is 3.35. The van der Waals surface area contributed by atoms with Gasteiger partial charge in [0, 0.05) is 28.8 Å². The summed E-state index contributed by atoms with van der Waals surface area (Å²) >= 11 is 0. The molecule has 0 heterocycles. The van der Waals surface area contributed by atoms with Crippen LogP contribution in [0.5, 0.6) is 11.5 Å². The molecule has 0 aliphatic heterocycles. The molecular weight excluding hydrogens is 350 g/mol. The minimum absolute atomic E-state index is 0. The number of azo groups is 1. The number of nitro benzene ring substituents is 1. The molecule has 3 aromatic rings.